The molecule has 9 heteroatoms. The van der Waals surface area contributed by atoms with Crippen molar-refractivity contribution in [1.82, 2.24) is 0 Å². The van der Waals surface area contributed by atoms with Crippen molar-refractivity contribution in [2.24, 2.45) is 0 Å². The fourth-order valence-corrected chi connectivity index (χ4v) is 3.44. The van der Waals surface area contributed by atoms with Gasteiger partial charge in [0, 0.05) is 0 Å². The van der Waals surface area contributed by atoms with Crippen LogP contribution in [0.3, 0.4) is 0 Å². The lowest BCUT2D eigenvalue weighted by Gasteiger charge is -2.06. The van der Waals surface area contributed by atoms with Gasteiger partial charge in [0.05, 0.1) is 22.3 Å². The minimum absolute atomic E-state index is 0. The number of carbonyl (C=O) groups is 4. The molecule has 188 valence electrons. The zero-order chi connectivity index (χ0) is 26.2. The van der Waals surface area contributed by atoms with Crippen LogP contribution in [0.1, 0.15) is 41.4 Å². The van der Waals surface area contributed by atoms with E-state index in [-0.39, 0.29) is 27.7 Å². The van der Waals surface area contributed by atoms with Gasteiger partial charge < -0.3 is 25.9 Å². The average molecular weight is 502 g/mol. The van der Waals surface area contributed by atoms with Crippen molar-refractivity contribution in [1.29, 1.82) is 0 Å². The van der Waals surface area contributed by atoms with Gasteiger partial charge in [-0.2, -0.15) is 0 Å². The first-order chi connectivity index (χ1) is 17.2. The van der Waals surface area contributed by atoms with Gasteiger partial charge in [-0.3, -0.25) is 0 Å². The predicted octanol–water partition coefficient (Wildman–Crippen LogP) is 4.68. The van der Waals surface area contributed by atoms with Crippen molar-refractivity contribution in [2.75, 3.05) is 0 Å². The van der Waals surface area contributed by atoms with E-state index in [9.17, 15) is 19.2 Å². The molecule has 0 atom stereocenters. The zero-order valence-electron chi connectivity index (χ0n) is 19.2. The van der Waals surface area contributed by atoms with Crippen molar-refractivity contribution < 1.29 is 45.1 Å². The molecule has 9 nitrogen and oxygen atoms in total. The monoisotopic (exact) mass is 502 g/mol. The van der Waals surface area contributed by atoms with E-state index in [4.69, 9.17) is 20.4 Å². The topological polar surface area (TPSA) is 181 Å². The molecule has 0 spiro atoms. The summed E-state index contributed by atoms with van der Waals surface area (Å²) < 4.78 is 0. The molecule has 37 heavy (non-hydrogen) atoms. The first-order valence-electron chi connectivity index (χ1n) is 10.5. The standard InChI is InChI=1S/2C14H10O4.H2O/c2*15-13(16)11-7-6-10(8-12(11)14(17)18)9-4-2-1-3-5-9;/h2*1-8H,(H,15,16)(H,17,18);1H2. The number of aromatic carboxylic acids is 4. The van der Waals surface area contributed by atoms with Crippen LogP contribution in [0.5, 0.6) is 0 Å². The summed E-state index contributed by atoms with van der Waals surface area (Å²) in [6.07, 6.45) is 0. The van der Waals surface area contributed by atoms with E-state index in [1.807, 2.05) is 60.7 Å². The molecule has 0 saturated carbocycles. The lowest BCUT2D eigenvalue weighted by Crippen LogP contribution is -2.07. The Balaban J connectivity index is 0.000000253. The molecule has 0 unspecified atom stereocenters. The summed E-state index contributed by atoms with van der Waals surface area (Å²) in [7, 11) is 0. The van der Waals surface area contributed by atoms with Crippen LogP contribution in [0.4, 0.5) is 0 Å². The second-order valence-electron chi connectivity index (χ2n) is 7.47. The van der Waals surface area contributed by atoms with Crippen LogP contribution >= 0.6 is 0 Å². The lowest BCUT2D eigenvalue weighted by molar-refractivity contribution is 0.0651. The fraction of sp³-hybridized carbons (Fsp3) is 0. The van der Waals surface area contributed by atoms with E-state index in [0.717, 1.165) is 11.1 Å². The molecule has 0 fully saturated rings. The number of hydrogen-bond donors (Lipinski definition) is 4. The first kappa shape index (κ1) is 28.0. The molecular weight excluding hydrogens is 480 g/mol. The minimum atomic E-state index is -1.25. The van der Waals surface area contributed by atoms with Crippen LogP contribution in [0, 0.1) is 0 Å². The molecule has 6 N–H and O–H groups in total. The Morgan fingerprint density at radius 1 is 0.378 bits per heavy atom. The fourth-order valence-electron chi connectivity index (χ4n) is 3.44. The van der Waals surface area contributed by atoms with Crippen LogP contribution in [-0.4, -0.2) is 49.8 Å². The highest BCUT2D eigenvalue weighted by atomic mass is 16.4. The molecule has 0 aliphatic rings. The Labute approximate surface area is 210 Å². The van der Waals surface area contributed by atoms with Crippen molar-refractivity contribution >= 4 is 23.9 Å². The van der Waals surface area contributed by atoms with Gasteiger partial charge in [-0.15, -0.1) is 0 Å². The molecule has 0 aliphatic heterocycles. The van der Waals surface area contributed by atoms with Crippen molar-refractivity contribution in [2.45, 2.75) is 0 Å². The highest BCUT2D eigenvalue weighted by molar-refractivity contribution is 6.03. The van der Waals surface area contributed by atoms with E-state index in [1.54, 1.807) is 12.1 Å². The third-order valence-electron chi connectivity index (χ3n) is 5.18. The van der Waals surface area contributed by atoms with Gasteiger partial charge in [0.15, 0.2) is 0 Å². The molecule has 0 saturated heterocycles. The van der Waals surface area contributed by atoms with Crippen LogP contribution in [-0.2, 0) is 0 Å². The van der Waals surface area contributed by atoms with Crippen LogP contribution in [0.25, 0.3) is 22.3 Å². The highest BCUT2D eigenvalue weighted by Crippen LogP contribution is 2.24. The summed E-state index contributed by atoms with van der Waals surface area (Å²) in [6.45, 7) is 0. The average Bonchev–Trinajstić information content (AvgIpc) is 2.89. The third kappa shape index (κ3) is 6.87. The Morgan fingerprint density at radius 2 is 0.676 bits per heavy atom. The molecule has 0 aromatic heterocycles. The first-order valence-corrected chi connectivity index (χ1v) is 10.5. The van der Waals surface area contributed by atoms with Gasteiger partial charge in [-0.1, -0.05) is 72.8 Å². The number of rotatable bonds is 6. The Hall–Kier alpha value is -5.28. The summed E-state index contributed by atoms with van der Waals surface area (Å²) >= 11 is 0. The smallest absolute Gasteiger partial charge is 0.336 e. The van der Waals surface area contributed by atoms with Crippen LogP contribution < -0.4 is 0 Å². The van der Waals surface area contributed by atoms with E-state index >= 15 is 0 Å². The van der Waals surface area contributed by atoms with Crippen LogP contribution in [0.2, 0.25) is 0 Å². The van der Waals surface area contributed by atoms with E-state index < -0.39 is 23.9 Å². The summed E-state index contributed by atoms with van der Waals surface area (Å²) in [5, 5.41) is 35.9. The third-order valence-corrected chi connectivity index (χ3v) is 5.18. The normalized spacial score (nSPS) is 9.73. The SMILES string of the molecule is O.O=C(O)c1ccc(-c2ccccc2)cc1C(=O)O.O=C(O)c1ccc(-c2ccccc2)cc1C(=O)O. The maximum absolute atomic E-state index is 11.0. The molecule has 4 rings (SSSR count). The molecule has 0 aliphatic carbocycles. The predicted molar refractivity (Wildman–Crippen MR) is 135 cm³/mol. The number of hydrogen-bond acceptors (Lipinski definition) is 4. The van der Waals surface area contributed by atoms with Gasteiger partial charge in [0.1, 0.15) is 0 Å². The zero-order valence-corrected chi connectivity index (χ0v) is 19.2. The van der Waals surface area contributed by atoms with E-state index in [2.05, 4.69) is 0 Å². The summed E-state index contributed by atoms with van der Waals surface area (Å²) in [5.74, 6) is -4.98. The maximum atomic E-state index is 11.0. The quantitative estimate of drug-likeness (QED) is 0.293. The van der Waals surface area contributed by atoms with Crippen LogP contribution in [0.15, 0.2) is 97.1 Å². The Bertz CT molecular complexity index is 1320. The summed E-state index contributed by atoms with van der Waals surface area (Å²) in [5.41, 5.74) is 2.22. The summed E-state index contributed by atoms with van der Waals surface area (Å²) in [6, 6.07) is 27.0. The molecule has 0 radical (unpaired) electrons. The molecular formula is C28H22O9. The largest absolute Gasteiger partial charge is 0.478 e. The molecule has 4 aromatic rings. The molecule has 0 heterocycles. The molecule has 4 aromatic carbocycles. The van der Waals surface area contributed by atoms with Gasteiger partial charge in [-0.25, -0.2) is 19.2 Å². The van der Waals surface area contributed by atoms with E-state index in [1.165, 1.54) is 24.3 Å². The van der Waals surface area contributed by atoms with Gasteiger partial charge in [0.25, 0.3) is 0 Å². The number of benzene rings is 4. The van der Waals surface area contributed by atoms with Crippen molar-refractivity contribution in [3.8, 4) is 22.3 Å². The second kappa shape index (κ2) is 12.4. The maximum Gasteiger partial charge on any atom is 0.336 e. The van der Waals surface area contributed by atoms with Gasteiger partial charge in [-0.05, 0) is 46.5 Å². The second-order valence-corrected chi connectivity index (χ2v) is 7.47. The highest BCUT2D eigenvalue weighted by Gasteiger charge is 2.17. The number of carboxylic acids is 4. The van der Waals surface area contributed by atoms with Gasteiger partial charge in [0.2, 0.25) is 0 Å². The lowest BCUT2D eigenvalue weighted by atomic mass is 9.99. The van der Waals surface area contributed by atoms with Crippen molar-refractivity contribution in [3.05, 3.63) is 119 Å². The Kier molecular flexibility index (Phi) is 9.39. The number of carboxylic acid groups (broad SMARTS) is 4. The molecule has 0 bridgehead atoms. The minimum Gasteiger partial charge on any atom is -0.478 e. The van der Waals surface area contributed by atoms with Gasteiger partial charge >= 0.3 is 23.9 Å². The Morgan fingerprint density at radius 3 is 0.946 bits per heavy atom. The summed E-state index contributed by atoms with van der Waals surface area (Å²) in [4.78, 5) is 43.9. The van der Waals surface area contributed by atoms with E-state index in [0.29, 0.717) is 11.1 Å². The van der Waals surface area contributed by atoms with Crippen molar-refractivity contribution in [3.63, 3.8) is 0 Å². The molecule has 0 amide bonds.